The highest BCUT2D eigenvalue weighted by atomic mass is 16.2. The standard InChI is InChI=1S/C62H86N12O10/c1-37(63-9)53(77)69-51(61(3,4)5)59(83)73-31-29-71(35-47(73)57(81)67-45-23-15-19-39-17-11-13-21-43(39)45)49(75)33-65-55(79)41-25-27-42(28-26-41)56(80)66-34-50(76)72-30-32-74(60(84)52(62(6,7)8)70-54(78)38(2)64-10)48(36-72)58(82)68-46-24-16-20-40-18-12-14-22-44(40)46/h11-14,17-18,21-22,25-28,37-38,45-48,51-52,63-64H,15-16,19-20,23-24,29-36H2,1-10H3,(H,65,79)(H,66,80)(H,67,81)(H,68,82)(H,69,77)(H,70,78)/t37-,38-,45+,46+,47-,48-,51+,52+/m0/s1. The van der Waals surface area contributed by atoms with Crippen molar-refractivity contribution in [3.63, 3.8) is 0 Å². The Morgan fingerprint density at radius 1 is 0.512 bits per heavy atom. The molecule has 2 aliphatic heterocycles. The van der Waals surface area contributed by atoms with Gasteiger partial charge in [-0.2, -0.15) is 0 Å². The van der Waals surface area contributed by atoms with Crippen LogP contribution in [0.4, 0.5) is 0 Å². The van der Waals surface area contributed by atoms with E-state index < -0.39 is 107 Å². The van der Waals surface area contributed by atoms with Crippen LogP contribution in [0.2, 0.25) is 0 Å². The molecule has 2 aliphatic carbocycles. The number of aryl methyl sites for hydroxylation is 2. The molecule has 7 rings (SSSR count). The van der Waals surface area contributed by atoms with Gasteiger partial charge in [-0.3, -0.25) is 47.9 Å². The number of nitrogens with zero attached hydrogens (tertiary/aromatic N) is 4. The molecule has 2 fully saturated rings. The second-order valence-electron chi connectivity index (χ2n) is 24.7. The number of benzene rings is 3. The zero-order valence-corrected chi connectivity index (χ0v) is 50.3. The van der Waals surface area contributed by atoms with Crippen LogP contribution >= 0.6 is 0 Å². The average Bonchev–Trinajstić information content (AvgIpc) is 2.10. The van der Waals surface area contributed by atoms with Gasteiger partial charge in [-0.25, -0.2) is 0 Å². The Morgan fingerprint density at radius 2 is 0.869 bits per heavy atom. The number of carbonyl (C=O) groups excluding carboxylic acids is 10. The first-order chi connectivity index (χ1) is 39.8. The number of hydrogen-bond donors (Lipinski definition) is 8. The lowest BCUT2D eigenvalue weighted by Gasteiger charge is -2.44. The summed E-state index contributed by atoms with van der Waals surface area (Å²) in [5.74, 6) is -4.78. The SMILES string of the molecule is CN[C@@H](C)C(=O)N[C@H](C(=O)N1CCN(C(=O)CNC(=O)c2ccc(C(=O)NCC(=O)N3CCN(C(=O)[C@@H](NC(=O)[C@H](C)NC)C(C)(C)C)[C@H](C(=O)N[C@@H]4CCCc5ccccc54)C3)cc2)C[C@H]1C(=O)N[C@@H]1CCCc2ccccc21)C(C)(C)C. The van der Waals surface area contributed by atoms with Crippen LogP contribution in [0.3, 0.4) is 0 Å². The largest absolute Gasteiger partial charge is 0.347 e. The molecule has 8 N–H and O–H groups in total. The van der Waals surface area contributed by atoms with Gasteiger partial charge in [0, 0.05) is 37.3 Å². The smallest absolute Gasteiger partial charge is 0.251 e. The number of rotatable bonds is 18. The van der Waals surface area contributed by atoms with Crippen molar-refractivity contribution in [2.75, 3.05) is 66.5 Å². The summed E-state index contributed by atoms with van der Waals surface area (Å²) in [7, 11) is 3.28. The van der Waals surface area contributed by atoms with Crippen molar-refractivity contribution in [2.45, 2.75) is 142 Å². The van der Waals surface area contributed by atoms with Crippen molar-refractivity contribution in [3.8, 4) is 0 Å². The number of nitrogens with one attached hydrogen (secondary N) is 8. The molecular formula is C62H86N12O10. The lowest BCUT2D eigenvalue weighted by Crippen LogP contribution is -2.66. The van der Waals surface area contributed by atoms with Gasteiger partial charge in [-0.15, -0.1) is 0 Å². The van der Waals surface area contributed by atoms with Gasteiger partial charge in [0.1, 0.15) is 24.2 Å². The van der Waals surface area contributed by atoms with Crippen LogP contribution in [0, 0.1) is 10.8 Å². The normalized spacial score (nSPS) is 20.3. The summed E-state index contributed by atoms with van der Waals surface area (Å²) in [5, 5.41) is 23.2. The summed E-state index contributed by atoms with van der Waals surface area (Å²) < 4.78 is 0. The Balaban J connectivity index is 0.971. The van der Waals surface area contributed by atoms with Crippen LogP contribution < -0.4 is 42.5 Å². The molecule has 2 heterocycles. The highest BCUT2D eigenvalue weighted by molar-refractivity contribution is 6.01. The quantitative estimate of drug-likeness (QED) is 0.0908. The minimum absolute atomic E-state index is 0.0142. The first kappa shape index (κ1) is 63.9. The molecule has 8 atom stereocenters. The van der Waals surface area contributed by atoms with E-state index in [1.165, 1.54) is 43.9 Å². The Labute approximate surface area is 493 Å². The van der Waals surface area contributed by atoms with Gasteiger partial charge < -0.3 is 62.1 Å². The van der Waals surface area contributed by atoms with Gasteiger partial charge in [-0.05, 0) is 124 Å². The fraction of sp³-hybridized carbons (Fsp3) is 0.548. The maximum atomic E-state index is 14.5. The third-order valence-electron chi connectivity index (χ3n) is 16.7. The van der Waals surface area contributed by atoms with Gasteiger partial charge in [0.25, 0.3) is 11.8 Å². The molecule has 84 heavy (non-hydrogen) atoms. The Hall–Kier alpha value is -7.72. The number of piperazine rings is 2. The van der Waals surface area contributed by atoms with E-state index in [-0.39, 0.29) is 74.3 Å². The minimum atomic E-state index is -1.12. The van der Waals surface area contributed by atoms with Crippen molar-refractivity contribution < 1.29 is 47.9 Å². The van der Waals surface area contributed by atoms with Gasteiger partial charge in [0.2, 0.25) is 47.3 Å². The summed E-state index contributed by atoms with van der Waals surface area (Å²) in [5.41, 5.74) is 3.03. The van der Waals surface area contributed by atoms with Crippen LogP contribution in [0.25, 0.3) is 0 Å². The van der Waals surface area contributed by atoms with Crippen LogP contribution in [0.1, 0.15) is 136 Å². The monoisotopic (exact) mass is 1160 g/mol. The van der Waals surface area contributed by atoms with Crippen molar-refractivity contribution in [3.05, 3.63) is 106 Å². The first-order valence-electron chi connectivity index (χ1n) is 29.4. The highest BCUT2D eigenvalue weighted by Crippen LogP contribution is 2.32. The second-order valence-corrected chi connectivity index (χ2v) is 24.7. The fourth-order valence-corrected chi connectivity index (χ4v) is 11.3. The number of likely N-dealkylation sites (N-methyl/N-ethyl adjacent to an activating group) is 2. The Kier molecular flexibility index (Phi) is 21.1. The second kappa shape index (κ2) is 27.8. The molecule has 0 saturated carbocycles. The van der Waals surface area contributed by atoms with E-state index in [1.54, 1.807) is 27.9 Å². The maximum Gasteiger partial charge on any atom is 0.251 e. The van der Waals surface area contributed by atoms with Crippen LogP contribution in [0.15, 0.2) is 72.8 Å². The third kappa shape index (κ3) is 15.5. The lowest BCUT2D eigenvalue weighted by molar-refractivity contribution is -0.152. The Morgan fingerprint density at radius 3 is 1.21 bits per heavy atom. The molecule has 0 spiro atoms. The zero-order chi connectivity index (χ0) is 61.2. The van der Waals surface area contributed by atoms with E-state index in [0.717, 1.165) is 47.9 Å². The number of hydrogen-bond acceptors (Lipinski definition) is 12. The van der Waals surface area contributed by atoms with Crippen LogP contribution in [0.5, 0.6) is 0 Å². The molecule has 22 heteroatoms. The van der Waals surface area contributed by atoms with Crippen molar-refractivity contribution in [1.29, 1.82) is 0 Å². The van der Waals surface area contributed by atoms with E-state index in [4.69, 9.17) is 0 Å². The summed E-state index contributed by atoms with van der Waals surface area (Å²) in [6.07, 6.45) is 4.84. The van der Waals surface area contributed by atoms with Crippen molar-refractivity contribution >= 4 is 59.1 Å². The minimum Gasteiger partial charge on any atom is -0.347 e. The highest BCUT2D eigenvalue weighted by Gasteiger charge is 2.46. The summed E-state index contributed by atoms with van der Waals surface area (Å²) >= 11 is 0. The van der Waals surface area contributed by atoms with E-state index in [9.17, 15) is 47.9 Å². The molecule has 0 radical (unpaired) electrons. The average molecular weight is 1160 g/mol. The lowest BCUT2D eigenvalue weighted by atomic mass is 9.85. The van der Waals surface area contributed by atoms with E-state index >= 15 is 0 Å². The molecule has 3 aromatic rings. The fourth-order valence-electron chi connectivity index (χ4n) is 11.3. The summed E-state index contributed by atoms with van der Waals surface area (Å²) in [6, 6.07) is 15.4. The molecule has 2 saturated heterocycles. The van der Waals surface area contributed by atoms with Gasteiger partial charge >= 0.3 is 0 Å². The molecule has 4 aliphatic rings. The first-order valence-corrected chi connectivity index (χ1v) is 29.4. The number of fused-ring (bicyclic) bond motifs is 2. The van der Waals surface area contributed by atoms with Crippen LogP contribution in [-0.2, 0) is 51.2 Å². The number of amides is 10. The molecule has 3 aromatic carbocycles. The molecular weight excluding hydrogens is 1070 g/mol. The van der Waals surface area contributed by atoms with Gasteiger partial charge in [0.05, 0.1) is 50.3 Å². The third-order valence-corrected chi connectivity index (χ3v) is 16.7. The van der Waals surface area contributed by atoms with E-state index in [0.29, 0.717) is 12.8 Å². The van der Waals surface area contributed by atoms with Crippen molar-refractivity contribution in [2.24, 2.45) is 10.8 Å². The predicted octanol–water partition coefficient (Wildman–Crippen LogP) is 1.89. The summed E-state index contributed by atoms with van der Waals surface area (Å²) in [6.45, 7) is 13.2. The van der Waals surface area contributed by atoms with E-state index in [1.807, 2.05) is 90.1 Å². The van der Waals surface area contributed by atoms with Gasteiger partial charge in [-0.1, -0.05) is 90.1 Å². The molecule has 22 nitrogen and oxygen atoms in total. The maximum absolute atomic E-state index is 14.5. The summed E-state index contributed by atoms with van der Waals surface area (Å²) in [4.78, 5) is 145. The van der Waals surface area contributed by atoms with Gasteiger partial charge in [0.15, 0.2) is 0 Å². The molecule has 10 amide bonds. The van der Waals surface area contributed by atoms with E-state index in [2.05, 4.69) is 42.5 Å². The molecule has 454 valence electrons. The number of carbonyl (C=O) groups is 10. The molecule has 0 unspecified atom stereocenters. The zero-order valence-electron chi connectivity index (χ0n) is 50.3. The van der Waals surface area contributed by atoms with Crippen molar-refractivity contribution in [1.82, 2.24) is 62.1 Å². The van der Waals surface area contributed by atoms with Crippen LogP contribution in [-0.4, -0.2) is 181 Å². The molecule has 0 bridgehead atoms. The Bertz CT molecular complexity index is 2740. The predicted molar refractivity (Wildman–Crippen MR) is 316 cm³/mol. The topological polar surface area (TPSA) is 280 Å². The molecule has 0 aromatic heterocycles.